The molecule has 1 unspecified atom stereocenters. The van der Waals surface area contributed by atoms with Crippen LogP contribution in [0.15, 0.2) is 42.6 Å². The fraction of sp³-hybridized carbons (Fsp3) is 0.571. The number of pyridine rings is 1. The number of halogens is 2. The summed E-state index contributed by atoms with van der Waals surface area (Å²) in [5.74, 6) is -0.529. The van der Waals surface area contributed by atoms with Crippen molar-refractivity contribution < 1.29 is 33.0 Å². The molecule has 3 aliphatic heterocycles. The van der Waals surface area contributed by atoms with E-state index in [2.05, 4.69) is 41.1 Å². The molecule has 5 fully saturated rings. The highest BCUT2D eigenvalue weighted by molar-refractivity contribution is 6.01. The number of aliphatic hydroxyl groups is 1. The number of benzene rings is 1. The minimum atomic E-state index is -1.11. The first-order chi connectivity index (χ1) is 28.2. The largest absolute Gasteiger partial charge is 0.374 e. The van der Waals surface area contributed by atoms with Crippen LogP contribution < -0.4 is 26.2 Å². The number of carbonyl (C=O) groups is 3. The Balaban J connectivity index is 0.753. The van der Waals surface area contributed by atoms with Gasteiger partial charge in [-0.05, 0) is 126 Å². The molecule has 2 saturated carbocycles. The molecule has 1 aromatic carbocycles. The maximum atomic E-state index is 15.3. The Bertz CT molecular complexity index is 1950. The lowest BCUT2D eigenvalue weighted by atomic mass is 9.83. The Morgan fingerprint density at radius 3 is 2.38 bits per heavy atom. The molecule has 3 saturated heterocycles. The topological polar surface area (TPSA) is 174 Å². The van der Waals surface area contributed by atoms with Crippen molar-refractivity contribution in [2.45, 2.75) is 120 Å². The number of rotatable bonds is 10. The van der Waals surface area contributed by atoms with E-state index in [-0.39, 0.29) is 59.6 Å². The normalized spacial score (nSPS) is 27.5. The Morgan fingerprint density at radius 2 is 1.64 bits per heavy atom. The Hall–Kier alpha value is -4.80. The maximum Gasteiger partial charge on any atom is 0.249 e. The minimum Gasteiger partial charge on any atom is -0.374 e. The van der Waals surface area contributed by atoms with Gasteiger partial charge in [0.2, 0.25) is 30.1 Å². The van der Waals surface area contributed by atoms with Gasteiger partial charge in [0.25, 0.3) is 0 Å². The first kappa shape index (κ1) is 40.0. The summed E-state index contributed by atoms with van der Waals surface area (Å²) in [5, 5.41) is 22.3. The second-order valence-corrected chi connectivity index (χ2v) is 16.4. The highest BCUT2D eigenvalue weighted by atomic mass is 19.1. The minimum absolute atomic E-state index is 0.0526. The van der Waals surface area contributed by atoms with Gasteiger partial charge in [-0.15, -0.1) is 0 Å². The van der Waals surface area contributed by atoms with E-state index in [1.54, 1.807) is 23.1 Å². The number of nitrogens with one attached hydrogen (secondary N) is 4. The first-order valence-corrected chi connectivity index (χ1v) is 20.9. The number of aliphatic hydroxyl groups excluding tert-OH is 1. The van der Waals surface area contributed by atoms with Gasteiger partial charge in [0, 0.05) is 42.7 Å². The molecule has 16 heteroatoms. The van der Waals surface area contributed by atoms with E-state index >= 15 is 4.39 Å². The highest BCUT2D eigenvalue weighted by Gasteiger charge is 2.33. The number of piperidine rings is 2. The summed E-state index contributed by atoms with van der Waals surface area (Å²) in [6.45, 7) is 2.85. The van der Waals surface area contributed by atoms with E-state index in [0.29, 0.717) is 54.3 Å². The van der Waals surface area contributed by atoms with Crippen LogP contribution in [0.4, 0.5) is 26.2 Å². The zero-order valence-electron chi connectivity index (χ0n) is 32.7. The van der Waals surface area contributed by atoms with Gasteiger partial charge >= 0.3 is 0 Å². The van der Waals surface area contributed by atoms with Crippen LogP contribution in [0.5, 0.6) is 0 Å². The lowest BCUT2D eigenvalue weighted by molar-refractivity contribution is -0.133. The monoisotopic (exact) mass is 801 g/mol. The third kappa shape index (κ3) is 9.39. The van der Waals surface area contributed by atoms with Gasteiger partial charge in [-0.1, -0.05) is 12.1 Å². The second kappa shape index (κ2) is 18.0. The number of hydrogen-bond donors (Lipinski definition) is 5. The molecule has 58 heavy (non-hydrogen) atoms. The van der Waals surface area contributed by atoms with E-state index in [0.717, 1.165) is 89.9 Å². The molecule has 0 spiro atoms. The highest BCUT2D eigenvalue weighted by Crippen LogP contribution is 2.35. The molecule has 8 rings (SSSR count). The van der Waals surface area contributed by atoms with Gasteiger partial charge in [-0.2, -0.15) is 0 Å². The molecule has 310 valence electrons. The molecule has 14 nitrogen and oxygen atoms in total. The predicted molar refractivity (Wildman–Crippen MR) is 212 cm³/mol. The first-order valence-electron chi connectivity index (χ1n) is 20.9. The van der Waals surface area contributed by atoms with Crippen molar-refractivity contribution in [2.24, 2.45) is 5.92 Å². The van der Waals surface area contributed by atoms with Crippen LogP contribution in [-0.2, 0) is 19.1 Å². The van der Waals surface area contributed by atoms with Crippen molar-refractivity contribution >= 4 is 35.2 Å². The van der Waals surface area contributed by atoms with Crippen LogP contribution in [0, 0.1) is 17.6 Å². The molecule has 0 bridgehead atoms. The molecular weight excluding hydrogens is 749 g/mol. The zero-order valence-corrected chi connectivity index (χ0v) is 32.7. The number of imide groups is 1. The quantitative estimate of drug-likeness (QED) is 0.177. The number of carbonyl (C=O) groups excluding carboxylic acids is 3. The Labute approximate surface area is 336 Å². The summed E-state index contributed by atoms with van der Waals surface area (Å²) in [5.41, 5.74) is 1.65. The molecule has 5 N–H and O–H groups in total. The summed E-state index contributed by atoms with van der Waals surface area (Å²) in [4.78, 5) is 54.3. The molecule has 3 amide bonds. The molecule has 5 heterocycles. The Kier molecular flexibility index (Phi) is 12.4. The van der Waals surface area contributed by atoms with Gasteiger partial charge in [0.15, 0.2) is 5.82 Å². The standard InChI is InChI=1S/C42H53F2N9O5/c43-32-23-29(46-35-15-16-37(54)50-40(35)56)11-14-31(32)25-17-20-52(21-18-25)30-12-9-27(10-13-30)47-39(55)26-5-7-28(8-6-26)48-41-45-24-33(44)38(51-41)34-3-1-4-36(49-34)53-19-2-22-58-42(53)57/h1,3-4,11,14,23-28,30,35,42,46,57H,2,5-10,12-13,15-22H2,(H,47,55)(H,45,48,51)(H,50,54,56)/t26?,27?,28?,30?,35-,42?/m1/s1. The number of nitrogens with zero attached hydrogens (tertiary/aromatic N) is 5. The van der Waals surface area contributed by atoms with E-state index in [4.69, 9.17) is 4.74 Å². The summed E-state index contributed by atoms with van der Waals surface area (Å²) in [6.07, 6.45) is 10.1. The second-order valence-electron chi connectivity index (χ2n) is 16.4. The van der Waals surface area contributed by atoms with E-state index < -0.39 is 18.3 Å². The summed E-state index contributed by atoms with van der Waals surface area (Å²) < 4.78 is 35.5. The zero-order chi connectivity index (χ0) is 40.2. The van der Waals surface area contributed by atoms with Crippen molar-refractivity contribution in [3.05, 3.63) is 59.8 Å². The third-order valence-electron chi connectivity index (χ3n) is 12.6. The SMILES string of the molecule is O=C1CC[C@@H](Nc2ccc(C3CCN(C4CCC(NC(=O)C5CCC(Nc6ncc(F)c(-c7cccc(N8CCCOC8O)n7)n6)CC5)CC4)CC3)c(F)c2)C(=O)N1. The van der Waals surface area contributed by atoms with Crippen LogP contribution >= 0.6 is 0 Å². The van der Waals surface area contributed by atoms with Gasteiger partial charge in [-0.25, -0.2) is 23.7 Å². The lowest BCUT2D eigenvalue weighted by Crippen LogP contribution is -2.47. The van der Waals surface area contributed by atoms with Gasteiger partial charge < -0.3 is 35.6 Å². The molecular formula is C42H53F2N9O5. The molecule has 0 radical (unpaired) electrons. The number of aromatic nitrogens is 3. The van der Waals surface area contributed by atoms with Crippen molar-refractivity contribution in [2.75, 3.05) is 41.8 Å². The van der Waals surface area contributed by atoms with Crippen LogP contribution in [0.3, 0.4) is 0 Å². The summed E-state index contributed by atoms with van der Waals surface area (Å²) in [6, 6.07) is 10.4. The molecule has 3 aromatic rings. The van der Waals surface area contributed by atoms with Crippen molar-refractivity contribution in [1.29, 1.82) is 0 Å². The molecule has 5 aliphatic rings. The van der Waals surface area contributed by atoms with Gasteiger partial charge in [-0.3, -0.25) is 19.7 Å². The molecule has 2 aliphatic carbocycles. The van der Waals surface area contributed by atoms with Crippen LogP contribution in [0.25, 0.3) is 11.4 Å². The molecule has 2 aromatic heterocycles. The van der Waals surface area contributed by atoms with E-state index in [9.17, 15) is 23.9 Å². The summed E-state index contributed by atoms with van der Waals surface area (Å²) in [7, 11) is 0. The average molecular weight is 802 g/mol. The fourth-order valence-corrected chi connectivity index (χ4v) is 9.33. The predicted octanol–water partition coefficient (Wildman–Crippen LogP) is 4.81. The van der Waals surface area contributed by atoms with Crippen molar-refractivity contribution in [3.63, 3.8) is 0 Å². The fourth-order valence-electron chi connectivity index (χ4n) is 9.33. The van der Waals surface area contributed by atoms with E-state index in [1.165, 1.54) is 6.07 Å². The maximum absolute atomic E-state index is 15.3. The summed E-state index contributed by atoms with van der Waals surface area (Å²) >= 11 is 0. The number of likely N-dealkylation sites (tertiary alicyclic amines) is 1. The lowest BCUT2D eigenvalue weighted by Gasteiger charge is -2.41. The van der Waals surface area contributed by atoms with Crippen LogP contribution in [0.2, 0.25) is 0 Å². The molecule has 2 atom stereocenters. The number of anilines is 3. The number of amides is 3. The Morgan fingerprint density at radius 1 is 0.862 bits per heavy atom. The third-order valence-corrected chi connectivity index (χ3v) is 12.6. The van der Waals surface area contributed by atoms with E-state index in [1.807, 2.05) is 12.1 Å². The van der Waals surface area contributed by atoms with Crippen molar-refractivity contribution in [3.8, 4) is 11.4 Å². The average Bonchev–Trinajstić information content (AvgIpc) is 3.23. The smallest absolute Gasteiger partial charge is 0.249 e. The van der Waals surface area contributed by atoms with Gasteiger partial charge in [0.1, 0.15) is 23.4 Å². The number of hydrogen-bond acceptors (Lipinski definition) is 12. The van der Waals surface area contributed by atoms with Crippen molar-refractivity contribution in [1.82, 2.24) is 30.5 Å². The van der Waals surface area contributed by atoms with Crippen LogP contribution in [-0.4, -0.2) is 99.5 Å². The number of ether oxygens (including phenoxy) is 1. The van der Waals surface area contributed by atoms with Gasteiger partial charge in [0.05, 0.1) is 18.5 Å². The van der Waals surface area contributed by atoms with Crippen LogP contribution in [0.1, 0.15) is 95.0 Å².